The van der Waals surface area contributed by atoms with Crippen LogP contribution in [0.1, 0.15) is 20.8 Å². The second-order valence-corrected chi connectivity index (χ2v) is 4.19. The average molecular weight is 234 g/mol. The van der Waals surface area contributed by atoms with Crippen molar-refractivity contribution in [2.24, 2.45) is 0 Å². The van der Waals surface area contributed by atoms with Gasteiger partial charge in [-0.05, 0) is 20.8 Å². The lowest BCUT2D eigenvalue weighted by Crippen LogP contribution is -2.60. The molecule has 1 saturated heterocycles. The molecule has 5 atom stereocenters. The number of aliphatic hydroxyl groups is 3. The van der Waals surface area contributed by atoms with E-state index in [1.54, 1.807) is 13.8 Å². The van der Waals surface area contributed by atoms with Gasteiger partial charge in [-0.1, -0.05) is 0 Å². The van der Waals surface area contributed by atoms with Crippen LogP contribution >= 0.6 is 0 Å². The van der Waals surface area contributed by atoms with Gasteiger partial charge in [0.2, 0.25) is 0 Å². The Hall–Kier alpha value is -0.530. The van der Waals surface area contributed by atoms with Crippen LogP contribution in [0.15, 0.2) is 0 Å². The summed E-state index contributed by atoms with van der Waals surface area (Å²) in [5, 5.41) is 28.6. The van der Waals surface area contributed by atoms with Gasteiger partial charge in [-0.25, -0.2) is 0 Å². The first-order valence-electron chi connectivity index (χ1n) is 5.20. The molecule has 0 spiro atoms. The molecule has 0 aliphatic carbocycles. The summed E-state index contributed by atoms with van der Waals surface area (Å²) in [7, 11) is 0. The van der Waals surface area contributed by atoms with Crippen molar-refractivity contribution in [3.63, 3.8) is 0 Å². The number of carbonyl (C=O) groups is 1. The molecule has 1 aliphatic rings. The van der Waals surface area contributed by atoms with Crippen LogP contribution in [0.25, 0.3) is 0 Å². The third kappa shape index (κ3) is 2.78. The van der Waals surface area contributed by atoms with E-state index in [2.05, 4.69) is 0 Å². The number of carbonyl (C=O) groups excluding carboxylic acids is 1. The van der Waals surface area contributed by atoms with Crippen LogP contribution in [0.2, 0.25) is 0 Å². The van der Waals surface area contributed by atoms with Crippen LogP contribution in [0.4, 0.5) is 0 Å². The van der Waals surface area contributed by atoms with Gasteiger partial charge < -0.3 is 24.8 Å². The molecule has 6 heteroatoms. The molecule has 0 amide bonds. The van der Waals surface area contributed by atoms with Crippen molar-refractivity contribution in [1.29, 1.82) is 0 Å². The summed E-state index contributed by atoms with van der Waals surface area (Å²) in [6.45, 7) is 4.71. The number of aliphatic hydroxyl groups excluding tert-OH is 3. The molecule has 5 unspecified atom stereocenters. The van der Waals surface area contributed by atoms with Gasteiger partial charge in [0.15, 0.2) is 12.1 Å². The van der Waals surface area contributed by atoms with Crippen LogP contribution in [0.3, 0.4) is 0 Å². The highest BCUT2D eigenvalue weighted by Crippen LogP contribution is 2.23. The molecule has 0 aromatic heterocycles. The van der Waals surface area contributed by atoms with E-state index >= 15 is 0 Å². The van der Waals surface area contributed by atoms with Gasteiger partial charge in [0.25, 0.3) is 0 Å². The average Bonchev–Trinajstić information content (AvgIpc) is 2.18. The first-order valence-corrected chi connectivity index (χ1v) is 5.20. The number of ether oxygens (including phenoxy) is 2. The minimum absolute atomic E-state index is 0.227. The largest absolute Gasteiger partial charge is 0.387 e. The fraction of sp³-hybridized carbons (Fsp3) is 0.900. The van der Waals surface area contributed by atoms with Crippen LogP contribution in [0.5, 0.6) is 0 Å². The maximum Gasteiger partial charge on any atom is 0.187 e. The maximum absolute atomic E-state index is 11.2. The fourth-order valence-electron chi connectivity index (χ4n) is 1.56. The number of hydrogen-bond acceptors (Lipinski definition) is 6. The van der Waals surface area contributed by atoms with E-state index in [0.29, 0.717) is 0 Å². The summed E-state index contributed by atoms with van der Waals surface area (Å²) in [4.78, 5) is 11.2. The second kappa shape index (κ2) is 5.20. The standard InChI is InChI=1S/C10H18O6/c1-4(2)15-10-8(14)6(12)7(13)9(16-10)5(3)11/h4,6-10,12-14H,1-3H3. The summed E-state index contributed by atoms with van der Waals surface area (Å²) >= 11 is 0. The first kappa shape index (κ1) is 13.5. The summed E-state index contributed by atoms with van der Waals surface area (Å²) in [5.41, 5.74) is 0. The van der Waals surface area contributed by atoms with Crippen molar-refractivity contribution in [3.05, 3.63) is 0 Å². The molecule has 0 aromatic rings. The minimum atomic E-state index is -1.45. The molecule has 0 bridgehead atoms. The molecule has 16 heavy (non-hydrogen) atoms. The molecule has 1 heterocycles. The monoisotopic (exact) mass is 234 g/mol. The van der Waals surface area contributed by atoms with Crippen molar-refractivity contribution in [2.75, 3.05) is 0 Å². The van der Waals surface area contributed by atoms with Crippen molar-refractivity contribution < 1.29 is 29.6 Å². The first-order chi connectivity index (χ1) is 7.34. The number of hydrogen-bond donors (Lipinski definition) is 3. The fourth-order valence-corrected chi connectivity index (χ4v) is 1.56. The van der Waals surface area contributed by atoms with Crippen LogP contribution in [-0.2, 0) is 14.3 Å². The second-order valence-electron chi connectivity index (χ2n) is 4.19. The highest BCUT2D eigenvalue weighted by atomic mass is 16.7. The Morgan fingerprint density at radius 3 is 2.19 bits per heavy atom. The number of Topliss-reactive ketones (excluding diaryl/α,β-unsaturated/α-hetero) is 1. The Morgan fingerprint density at radius 1 is 1.19 bits per heavy atom. The molecule has 1 fully saturated rings. The molecule has 0 radical (unpaired) electrons. The Bertz CT molecular complexity index is 254. The van der Waals surface area contributed by atoms with Gasteiger partial charge in [0, 0.05) is 0 Å². The van der Waals surface area contributed by atoms with Crippen molar-refractivity contribution >= 4 is 5.78 Å². The SMILES string of the molecule is CC(=O)C1OC(OC(C)C)C(O)C(O)C1O. The molecular formula is C10H18O6. The minimum Gasteiger partial charge on any atom is -0.387 e. The van der Waals surface area contributed by atoms with Crippen LogP contribution in [0, 0.1) is 0 Å². The lowest BCUT2D eigenvalue weighted by molar-refractivity contribution is -0.297. The topological polar surface area (TPSA) is 96.2 Å². The Morgan fingerprint density at radius 2 is 1.75 bits per heavy atom. The predicted molar refractivity (Wildman–Crippen MR) is 53.6 cm³/mol. The van der Waals surface area contributed by atoms with Gasteiger partial charge >= 0.3 is 0 Å². The zero-order valence-electron chi connectivity index (χ0n) is 9.53. The lowest BCUT2D eigenvalue weighted by Gasteiger charge is -2.39. The van der Waals surface area contributed by atoms with Gasteiger partial charge in [-0.15, -0.1) is 0 Å². The van der Waals surface area contributed by atoms with Gasteiger partial charge in [0.1, 0.15) is 24.4 Å². The lowest BCUT2D eigenvalue weighted by atomic mass is 9.97. The van der Waals surface area contributed by atoms with E-state index in [1.807, 2.05) is 0 Å². The van der Waals surface area contributed by atoms with E-state index < -0.39 is 36.5 Å². The number of ketones is 1. The molecule has 1 rings (SSSR count). The van der Waals surface area contributed by atoms with E-state index in [9.17, 15) is 20.1 Å². The van der Waals surface area contributed by atoms with Crippen molar-refractivity contribution in [2.45, 2.75) is 57.6 Å². The maximum atomic E-state index is 11.2. The van der Waals surface area contributed by atoms with Gasteiger partial charge in [-0.3, -0.25) is 4.79 Å². The van der Waals surface area contributed by atoms with Crippen LogP contribution in [-0.4, -0.2) is 57.9 Å². The molecule has 6 nitrogen and oxygen atoms in total. The summed E-state index contributed by atoms with van der Waals surface area (Å²) in [5.74, 6) is -0.421. The smallest absolute Gasteiger partial charge is 0.187 e. The molecule has 94 valence electrons. The van der Waals surface area contributed by atoms with E-state index in [-0.39, 0.29) is 6.10 Å². The molecule has 0 aromatic carbocycles. The highest BCUT2D eigenvalue weighted by molar-refractivity contribution is 5.81. The van der Waals surface area contributed by atoms with Crippen LogP contribution < -0.4 is 0 Å². The molecular weight excluding hydrogens is 216 g/mol. The molecule has 1 aliphatic heterocycles. The third-order valence-corrected chi connectivity index (χ3v) is 2.38. The zero-order chi connectivity index (χ0) is 12.5. The predicted octanol–water partition coefficient (Wildman–Crippen LogP) is -1.19. The summed E-state index contributed by atoms with van der Waals surface area (Å²) in [6, 6.07) is 0. The molecule has 3 N–H and O–H groups in total. The van der Waals surface area contributed by atoms with Gasteiger partial charge in [0.05, 0.1) is 6.10 Å². The van der Waals surface area contributed by atoms with E-state index in [4.69, 9.17) is 9.47 Å². The number of rotatable bonds is 3. The quantitative estimate of drug-likeness (QED) is 0.568. The third-order valence-electron chi connectivity index (χ3n) is 2.38. The Balaban J connectivity index is 2.77. The zero-order valence-corrected chi connectivity index (χ0v) is 9.53. The summed E-state index contributed by atoms with van der Waals surface area (Å²) in [6.07, 6.45) is -6.75. The molecule has 0 saturated carbocycles. The Kier molecular flexibility index (Phi) is 4.40. The normalized spacial score (nSPS) is 40.1. The summed E-state index contributed by atoms with van der Waals surface area (Å²) < 4.78 is 10.3. The van der Waals surface area contributed by atoms with E-state index in [0.717, 1.165) is 0 Å². The van der Waals surface area contributed by atoms with Gasteiger partial charge in [-0.2, -0.15) is 0 Å². The van der Waals surface area contributed by atoms with Crippen molar-refractivity contribution in [3.8, 4) is 0 Å². The Labute approximate surface area is 93.8 Å². The van der Waals surface area contributed by atoms with Crippen molar-refractivity contribution in [1.82, 2.24) is 0 Å². The van der Waals surface area contributed by atoms with E-state index in [1.165, 1.54) is 6.92 Å². The highest BCUT2D eigenvalue weighted by Gasteiger charge is 2.46.